The second-order valence-corrected chi connectivity index (χ2v) is 4.57. The van der Waals surface area contributed by atoms with Gasteiger partial charge in [0, 0.05) is 24.8 Å². The second-order valence-electron chi connectivity index (χ2n) is 3.58. The summed E-state index contributed by atoms with van der Waals surface area (Å²) in [7, 11) is 0. The lowest BCUT2D eigenvalue weighted by molar-refractivity contribution is -0.137. The number of hydrogen-bond donors (Lipinski definition) is 3. The number of rotatable bonds is 8. The van der Waals surface area contributed by atoms with Crippen LogP contribution in [0.25, 0.3) is 0 Å². The zero-order valence-corrected chi connectivity index (χ0v) is 10.6. The predicted molar refractivity (Wildman–Crippen MR) is 65.9 cm³/mol. The highest BCUT2D eigenvalue weighted by Gasteiger charge is 2.07. The lowest BCUT2D eigenvalue weighted by Crippen LogP contribution is -2.41. The smallest absolute Gasteiger partial charge is 0.315 e. The molecule has 2 amide bonds. The molecule has 0 aliphatic heterocycles. The van der Waals surface area contributed by atoms with Crippen LogP contribution < -0.4 is 10.6 Å². The van der Waals surface area contributed by atoms with E-state index in [4.69, 9.17) is 5.11 Å². The van der Waals surface area contributed by atoms with Gasteiger partial charge in [-0.25, -0.2) is 4.79 Å². The Kier molecular flexibility index (Phi) is 8.80. The van der Waals surface area contributed by atoms with Crippen LogP contribution in [0.5, 0.6) is 0 Å². The van der Waals surface area contributed by atoms with E-state index < -0.39 is 5.97 Å². The summed E-state index contributed by atoms with van der Waals surface area (Å²) in [6.07, 6.45) is 3.40. The number of amides is 2. The monoisotopic (exact) mass is 248 g/mol. The van der Waals surface area contributed by atoms with Crippen molar-refractivity contribution in [1.82, 2.24) is 10.6 Å². The molecule has 0 heterocycles. The number of carboxylic acid groups (broad SMARTS) is 1. The number of nitrogens with one attached hydrogen (secondary N) is 2. The summed E-state index contributed by atoms with van der Waals surface area (Å²) in [6.45, 7) is 2.52. The Labute approximate surface area is 100 Å². The summed E-state index contributed by atoms with van der Waals surface area (Å²) in [5.41, 5.74) is 0. The first kappa shape index (κ1) is 15.1. The van der Waals surface area contributed by atoms with Crippen LogP contribution in [0.2, 0.25) is 0 Å². The topological polar surface area (TPSA) is 78.4 Å². The molecule has 94 valence electrons. The highest BCUT2D eigenvalue weighted by molar-refractivity contribution is 7.98. The van der Waals surface area contributed by atoms with Crippen LogP contribution in [0.1, 0.15) is 26.2 Å². The number of hydrogen-bond acceptors (Lipinski definition) is 3. The number of carboxylic acids is 1. The van der Waals surface area contributed by atoms with Gasteiger partial charge in [0.15, 0.2) is 0 Å². The van der Waals surface area contributed by atoms with E-state index >= 15 is 0 Å². The minimum absolute atomic E-state index is 0.00799. The van der Waals surface area contributed by atoms with Crippen LogP contribution in [-0.4, -0.2) is 41.7 Å². The van der Waals surface area contributed by atoms with Gasteiger partial charge in [-0.05, 0) is 26.0 Å². The number of carbonyl (C=O) groups excluding carboxylic acids is 1. The Bertz CT molecular complexity index is 224. The van der Waals surface area contributed by atoms with Crippen molar-refractivity contribution in [2.24, 2.45) is 0 Å². The van der Waals surface area contributed by atoms with Crippen LogP contribution >= 0.6 is 11.8 Å². The summed E-state index contributed by atoms with van der Waals surface area (Å²) in [5, 5.41) is 13.9. The molecule has 0 aromatic carbocycles. The Morgan fingerprint density at radius 3 is 2.69 bits per heavy atom. The molecule has 0 saturated heterocycles. The molecule has 16 heavy (non-hydrogen) atoms. The molecule has 1 atom stereocenters. The van der Waals surface area contributed by atoms with Crippen molar-refractivity contribution in [3.05, 3.63) is 0 Å². The predicted octanol–water partition coefficient (Wildman–Crippen LogP) is 1.29. The maximum atomic E-state index is 11.3. The van der Waals surface area contributed by atoms with E-state index in [9.17, 15) is 9.59 Å². The quantitative estimate of drug-likeness (QED) is 0.566. The molecule has 0 bridgehead atoms. The van der Waals surface area contributed by atoms with Gasteiger partial charge in [0.1, 0.15) is 0 Å². The Hall–Kier alpha value is -0.910. The number of aliphatic carboxylic acids is 1. The molecule has 0 aromatic rings. The molecular weight excluding hydrogens is 228 g/mol. The standard InChI is InChI=1S/C10H20N2O3S/c1-8(4-3-5-9(13)14)12-10(15)11-6-7-16-2/h8H,3-7H2,1-2H3,(H,13,14)(H2,11,12,15). The maximum Gasteiger partial charge on any atom is 0.315 e. The molecule has 0 fully saturated rings. The van der Waals surface area contributed by atoms with Crippen LogP contribution in [0.3, 0.4) is 0 Å². The van der Waals surface area contributed by atoms with E-state index in [1.165, 1.54) is 0 Å². The van der Waals surface area contributed by atoms with Crippen molar-refractivity contribution in [3.8, 4) is 0 Å². The number of carbonyl (C=O) groups is 2. The first-order valence-corrected chi connectivity index (χ1v) is 6.70. The molecule has 0 aliphatic carbocycles. The van der Waals surface area contributed by atoms with Crippen LogP contribution in [-0.2, 0) is 4.79 Å². The molecule has 3 N–H and O–H groups in total. The van der Waals surface area contributed by atoms with E-state index in [0.717, 1.165) is 5.75 Å². The highest BCUT2D eigenvalue weighted by Crippen LogP contribution is 2.00. The third-order valence-corrected chi connectivity index (χ3v) is 2.61. The summed E-state index contributed by atoms with van der Waals surface area (Å²) in [6, 6.07) is -0.175. The average Bonchev–Trinajstić information content (AvgIpc) is 2.17. The van der Waals surface area contributed by atoms with Crippen LogP contribution in [0, 0.1) is 0 Å². The lowest BCUT2D eigenvalue weighted by Gasteiger charge is -2.13. The minimum Gasteiger partial charge on any atom is -0.481 e. The molecule has 0 saturated carbocycles. The van der Waals surface area contributed by atoms with Gasteiger partial charge in [-0.2, -0.15) is 11.8 Å². The summed E-state index contributed by atoms with van der Waals surface area (Å²) < 4.78 is 0. The minimum atomic E-state index is -0.795. The largest absolute Gasteiger partial charge is 0.481 e. The van der Waals surface area contributed by atoms with Gasteiger partial charge in [-0.15, -0.1) is 0 Å². The van der Waals surface area contributed by atoms with Crippen molar-refractivity contribution < 1.29 is 14.7 Å². The maximum absolute atomic E-state index is 11.3. The van der Waals surface area contributed by atoms with Gasteiger partial charge < -0.3 is 15.7 Å². The first-order chi connectivity index (χ1) is 7.56. The highest BCUT2D eigenvalue weighted by atomic mass is 32.2. The zero-order valence-electron chi connectivity index (χ0n) is 9.78. The Morgan fingerprint density at radius 2 is 2.12 bits per heavy atom. The molecule has 0 aromatic heterocycles. The van der Waals surface area contributed by atoms with E-state index in [1.54, 1.807) is 11.8 Å². The normalized spacial score (nSPS) is 11.9. The molecule has 0 radical (unpaired) electrons. The van der Waals surface area contributed by atoms with Gasteiger partial charge in [0.25, 0.3) is 0 Å². The molecule has 6 heteroatoms. The van der Waals surface area contributed by atoms with Gasteiger partial charge in [-0.3, -0.25) is 4.79 Å². The molecule has 0 spiro atoms. The molecular formula is C10H20N2O3S. The van der Waals surface area contributed by atoms with Crippen molar-refractivity contribution in [2.45, 2.75) is 32.2 Å². The van der Waals surface area contributed by atoms with Crippen molar-refractivity contribution >= 4 is 23.8 Å². The lowest BCUT2D eigenvalue weighted by atomic mass is 10.1. The Balaban J connectivity index is 3.50. The van der Waals surface area contributed by atoms with Crippen molar-refractivity contribution in [1.29, 1.82) is 0 Å². The number of thioether (sulfide) groups is 1. The van der Waals surface area contributed by atoms with E-state index in [-0.39, 0.29) is 18.5 Å². The molecule has 5 nitrogen and oxygen atoms in total. The fourth-order valence-electron chi connectivity index (χ4n) is 1.17. The van der Waals surface area contributed by atoms with Gasteiger partial charge in [0.05, 0.1) is 0 Å². The summed E-state index contributed by atoms with van der Waals surface area (Å²) in [5.74, 6) is 0.0949. The second kappa shape index (κ2) is 9.33. The average molecular weight is 248 g/mol. The fourth-order valence-corrected chi connectivity index (χ4v) is 1.48. The third kappa shape index (κ3) is 9.64. The summed E-state index contributed by atoms with van der Waals surface area (Å²) >= 11 is 1.67. The van der Waals surface area contributed by atoms with Gasteiger partial charge in [-0.1, -0.05) is 0 Å². The molecule has 0 aliphatic rings. The van der Waals surface area contributed by atoms with Gasteiger partial charge >= 0.3 is 12.0 Å². The van der Waals surface area contributed by atoms with E-state index in [2.05, 4.69) is 10.6 Å². The first-order valence-electron chi connectivity index (χ1n) is 5.31. The summed E-state index contributed by atoms with van der Waals surface area (Å²) in [4.78, 5) is 21.6. The molecule has 0 rings (SSSR count). The van der Waals surface area contributed by atoms with Gasteiger partial charge in [0.2, 0.25) is 0 Å². The van der Waals surface area contributed by atoms with Crippen LogP contribution in [0.15, 0.2) is 0 Å². The van der Waals surface area contributed by atoms with Crippen molar-refractivity contribution in [3.63, 3.8) is 0 Å². The Morgan fingerprint density at radius 1 is 1.44 bits per heavy atom. The SMILES string of the molecule is CSCCNC(=O)NC(C)CCCC(=O)O. The van der Waals surface area contributed by atoms with E-state index in [1.807, 2.05) is 13.2 Å². The molecule has 1 unspecified atom stereocenters. The zero-order chi connectivity index (χ0) is 12.4. The third-order valence-electron chi connectivity index (χ3n) is 2.00. The van der Waals surface area contributed by atoms with Crippen molar-refractivity contribution in [2.75, 3.05) is 18.6 Å². The number of urea groups is 1. The van der Waals surface area contributed by atoms with Crippen LogP contribution in [0.4, 0.5) is 4.79 Å². The fraction of sp³-hybridized carbons (Fsp3) is 0.800. The van der Waals surface area contributed by atoms with E-state index in [0.29, 0.717) is 19.4 Å².